The molecule has 2 aromatic heterocycles. The van der Waals surface area contributed by atoms with Crippen molar-refractivity contribution in [2.75, 3.05) is 26.2 Å². The lowest BCUT2D eigenvalue weighted by atomic mass is 9.97. The van der Waals surface area contributed by atoms with Crippen molar-refractivity contribution >= 4 is 27.8 Å². The highest BCUT2D eigenvalue weighted by Gasteiger charge is 2.59. The smallest absolute Gasteiger partial charge is 0.243 e. The van der Waals surface area contributed by atoms with Crippen molar-refractivity contribution in [1.82, 2.24) is 18.8 Å². The maximum atomic E-state index is 13.2. The molecule has 0 aliphatic carbocycles. The lowest BCUT2D eigenvalue weighted by molar-refractivity contribution is 0.233. The number of aliphatic imine (C=N–C) groups is 1. The van der Waals surface area contributed by atoms with Crippen LogP contribution in [0.4, 0.5) is 0 Å². The number of benzene rings is 1. The van der Waals surface area contributed by atoms with Crippen LogP contribution < -0.4 is 4.74 Å². The number of hydrogen-bond acceptors (Lipinski definition) is 7. The number of fused-ring (bicyclic) bond motifs is 1. The van der Waals surface area contributed by atoms with Gasteiger partial charge in [-0.3, -0.25) is 0 Å². The van der Waals surface area contributed by atoms with Gasteiger partial charge >= 0.3 is 0 Å². The summed E-state index contributed by atoms with van der Waals surface area (Å²) in [6.45, 7) is 12.0. The Morgan fingerprint density at radius 3 is 2.62 bits per heavy atom. The summed E-state index contributed by atoms with van der Waals surface area (Å²) in [5.41, 5.74) is 3.69. The standard InChI is InChI=1S/C29H32N6O3S/c1-5-38-24-16-26(28-23(17-30)18-32-34(28)19-24)22(3)8-11-27(31-4)33-14-12-29(13-15-33)20-35(29)39(36,37)25-9-6-21(2)7-10-25/h6-11,16,18-19H,4-5,12-15,20H2,1-3H3/b22-8+,27-11+. The second kappa shape index (κ2) is 10.3. The molecule has 1 aromatic carbocycles. The average molecular weight is 545 g/mol. The van der Waals surface area contributed by atoms with Gasteiger partial charge in [-0.1, -0.05) is 23.8 Å². The number of hydrogen-bond donors (Lipinski definition) is 0. The predicted molar refractivity (Wildman–Crippen MR) is 151 cm³/mol. The van der Waals surface area contributed by atoms with Crippen LogP contribution in [-0.2, 0) is 10.0 Å². The zero-order valence-electron chi connectivity index (χ0n) is 22.5. The van der Waals surface area contributed by atoms with Crippen LogP contribution in [0.3, 0.4) is 0 Å². The van der Waals surface area contributed by atoms with Crippen LogP contribution in [0.1, 0.15) is 43.4 Å². The summed E-state index contributed by atoms with van der Waals surface area (Å²) < 4.78 is 35.4. The van der Waals surface area contributed by atoms with Gasteiger partial charge in [0.2, 0.25) is 10.0 Å². The van der Waals surface area contributed by atoms with Crippen molar-refractivity contribution in [3.8, 4) is 11.8 Å². The van der Waals surface area contributed by atoms with Crippen LogP contribution in [0.5, 0.6) is 5.75 Å². The van der Waals surface area contributed by atoms with Gasteiger partial charge in [0.1, 0.15) is 17.6 Å². The van der Waals surface area contributed by atoms with Crippen molar-refractivity contribution in [2.24, 2.45) is 4.99 Å². The van der Waals surface area contributed by atoms with Crippen LogP contribution in [0.15, 0.2) is 70.6 Å². The largest absolute Gasteiger partial charge is 0.492 e. The molecule has 1 spiro atoms. The molecule has 2 saturated heterocycles. The normalized spacial score (nSPS) is 19.2. The number of aryl methyl sites for hydroxylation is 1. The molecule has 39 heavy (non-hydrogen) atoms. The minimum absolute atomic E-state index is 0.320. The Morgan fingerprint density at radius 2 is 1.97 bits per heavy atom. The van der Waals surface area contributed by atoms with Gasteiger partial charge in [-0.15, -0.1) is 0 Å². The lowest BCUT2D eigenvalue weighted by Crippen LogP contribution is -2.39. The number of ether oxygens (including phenoxy) is 1. The molecule has 0 saturated carbocycles. The Kier molecular flexibility index (Phi) is 7.05. The Bertz CT molecular complexity index is 1620. The molecule has 1 unspecified atom stereocenters. The zero-order valence-corrected chi connectivity index (χ0v) is 23.3. The first kappa shape index (κ1) is 26.7. The van der Waals surface area contributed by atoms with Crippen molar-refractivity contribution in [3.63, 3.8) is 0 Å². The summed E-state index contributed by atoms with van der Waals surface area (Å²) >= 11 is 0. The molecular weight excluding hydrogens is 512 g/mol. The highest BCUT2D eigenvalue weighted by molar-refractivity contribution is 7.89. The predicted octanol–water partition coefficient (Wildman–Crippen LogP) is 4.40. The minimum atomic E-state index is -3.50. The first-order valence-electron chi connectivity index (χ1n) is 13.0. The number of piperidine rings is 1. The van der Waals surface area contributed by atoms with Gasteiger partial charge in [-0.05, 0) is 70.2 Å². The number of nitrogens with zero attached hydrogens (tertiary/aromatic N) is 6. The van der Waals surface area contributed by atoms with E-state index >= 15 is 0 Å². The van der Waals surface area contributed by atoms with Gasteiger partial charge in [0.15, 0.2) is 0 Å². The fourth-order valence-electron chi connectivity index (χ4n) is 5.24. The van der Waals surface area contributed by atoms with E-state index < -0.39 is 10.0 Å². The third-order valence-corrected chi connectivity index (χ3v) is 9.54. The summed E-state index contributed by atoms with van der Waals surface area (Å²) in [6.07, 6.45) is 8.65. The lowest BCUT2D eigenvalue weighted by Gasteiger charge is -2.33. The molecule has 2 aliphatic rings. The summed E-state index contributed by atoms with van der Waals surface area (Å²) in [7, 11) is -3.50. The molecule has 3 aromatic rings. The van der Waals surface area contributed by atoms with Crippen molar-refractivity contribution in [1.29, 1.82) is 5.26 Å². The van der Waals surface area contributed by atoms with Crippen LogP contribution in [0.25, 0.3) is 11.1 Å². The van der Waals surface area contributed by atoms with Crippen LogP contribution in [0, 0.1) is 18.3 Å². The molecule has 202 valence electrons. The molecule has 5 rings (SSSR count). The number of likely N-dealkylation sites (tertiary alicyclic amines) is 1. The minimum Gasteiger partial charge on any atom is -0.492 e. The van der Waals surface area contributed by atoms with Gasteiger partial charge in [0.05, 0.1) is 40.5 Å². The van der Waals surface area contributed by atoms with Crippen molar-refractivity contribution < 1.29 is 13.2 Å². The van der Waals surface area contributed by atoms with Crippen LogP contribution in [-0.4, -0.2) is 65.7 Å². The Labute approximate surface area is 229 Å². The molecule has 2 aliphatic heterocycles. The van der Waals surface area contributed by atoms with E-state index in [1.54, 1.807) is 33.3 Å². The van der Waals surface area contributed by atoms with Crippen molar-refractivity contribution in [3.05, 3.63) is 77.4 Å². The Hall–Kier alpha value is -3.94. The van der Waals surface area contributed by atoms with E-state index in [4.69, 9.17) is 4.74 Å². The quantitative estimate of drug-likeness (QED) is 0.237. The van der Waals surface area contributed by atoms with Crippen LogP contribution >= 0.6 is 0 Å². The molecule has 2 fully saturated rings. The van der Waals surface area contributed by atoms with E-state index in [9.17, 15) is 13.7 Å². The topological polar surface area (TPSA) is 103 Å². The van der Waals surface area contributed by atoms with Gasteiger partial charge in [0.25, 0.3) is 0 Å². The maximum absolute atomic E-state index is 13.2. The summed E-state index contributed by atoms with van der Waals surface area (Å²) in [5, 5.41) is 13.9. The second-order valence-electron chi connectivity index (χ2n) is 10.1. The van der Waals surface area contributed by atoms with Crippen LogP contribution in [0.2, 0.25) is 0 Å². The van der Waals surface area contributed by atoms with E-state index in [-0.39, 0.29) is 5.54 Å². The Morgan fingerprint density at radius 1 is 1.26 bits per heavy atom. The molecule has 0 amide bonds. The highest BCUT2D eigenvalue weighted by atomic mass is 32.2. The first-order valence-corrected chi connectivity index (χ1v) is 14.4. The summed E-state index contributed by atoms with van der Waals surface area (Å²) in [6, 6.07) is 11.2. The van der Waals surface area contributed by atoms with Gasteiger partial charge < -0.3 is 9.64 Å². The summed E-state index contributed by atoms with van der Waals surface area (Å²) in [4.78, 5) is 6.76. The SMILES string of the molecule is C=N/C(=C\C=C(/C)c1cc(OCC)cn2ncc(C#N)c12)N1CCC2(CC1)CN2S(=O)(=O)c1ccc(C)cc1. The van der Waals surface area contributed by atoms with E-state index in [1.165, 1.54) is 0 Å². The first-order chi connectivity index (χ1) is 18.7. The number of allylic oxidation sites excluding steroid dienone is 3. The molecule has 0 radical (unpaired) electrons. The summed E-state index contributed by atoms with van der Waals surface area (Å²) in [5.74, 6) is 1.39. The van der Waals surface area contributed by atoms with E-state index in [1.807, 2.05) is 51.1 Å². The second-order valence-corrected chi connectivity index (χ2v) is 11.9. The van der Waals surface area contributed by atoms with Crippen molar-refractivity contribution in [2.45, 2.75) is 44.0 Å². The number of sulfonamides is 1. The Balaban J connectivity index is 1.33. The number of aromatic nitrogens is 2. The van der Waals surface area contributed by atoms with E-state index in [2.05, 4.69) is 27.8 Å². The number of nitriles is 1. The zero-order chi connectivity index (χ0) is 27.8. The molecule has 1 atom stereocenters. The molecular formula is C29H32N6O3S. The molecule has 4 heterocycles. The highest BCUT2D eigenvalue weighted by Crippen LogP contribution is 2.46. The van der Waals surface area contributed by atoms with E-state index in [0.29, 0.717) is 42.4 Å². The van der Waals surface area contributed by atoms with Gasteiger partial charge in [-0.25, -0.2) is 17.9 Å². The monoisotopic (exact) mass is 544 g/mol. The molecule has 10 heteroatoms. The fourth-order valence-corrected chi connectivity index (χ4v) is 7.08. The maximum Gasteiger partial charge on any atom is 0.243 e. The molecule has 0 N–H and O–H groups in total. The fraction of sp³-hybridized carbons (Fsp3) is 0.345. The number of rotatable bonds is 8. The third-order valence-electron chi connectivity index (χ3n) is 7.58. The number of pyridine rings is 1. The van der Waals surface area contributed by atoms with E-state index in [0.717, 1.165) is 40.9 Å². The molecule has 9 nitrogen and oxygen atoms in total. The van der Waals surface area contributed by atoms with Gasteiger partial charge in [0, 0.05) is 25.2 Å². The average Bonchev–Trinajstić information content (AvgIpc) is 3.49. The van der Waals surface area contributed by atoms with Gasteiger partial charge in [-0.2, -0.15) is 14.7 Å². The third kappa shape index (κ3) is 4.95. The molecule has 0 bridgehead atoms.